The number of aliphatic hydroxyl groups excluding tert-OH is 1. The van der Waals surface area contributed by atoms with Crippen molar-refractivity contribution < 1.29 is 25.2 Å². The zero-order chi connectivity index (χ0) is 12.5. The molecular weight excluding hydrogens is 212 g/mol. The summed E-state index contributed by atoms with van der Waals surface area (Å²) in [5, 5.41) is 36.6. The Morgan fingerprint density at radius 3 is 2.25 bits per heavy atom. The first kappa shape index (κ1) is 12.8. The van der Waals surface area contributed by atoms with E-state index in [0.717, 1.165) is 0 Å². The summed E-state index contributed by atoms with van der Waals surface area (Å²) in [6.45, 7) is 2.75. The highest BCUT2D eigenvalue weighted by atomic mass is 16.7. The van der Waals surface area contributed by atoms with Crippen molar-refractivity contribution >= 4 is 5.78 Å². The Morgan fingerprint density at radius 2 is 1.88 bits per heavy atom. The van der Waals surface area contributed by atoms with Crippen LogP contribution in [-0.4, -0.2) is 26.2 Å². The summed E-state index contributed by atoms with van der Waals surface area (Å²) in [6.07, 6.45) is -1.03. The Hall–Kier alpha value is -1.27. The average molecular weight is 226 g/mol. The summed E-state index contributed by atoms with van der Waals surface area (Å²) < 4.78 is 0. The van der Waals surface area contributed by atoms with Crippen molar-refractivity contribution in [2.24, 2.45) is 0 Å². The maximum absolute atomic E-state index is 11.1. The fourth-order valence-corrected chi connectivity index (χ4v) is 1.43. The predicted octanol–water partition coefficient (Wildman–Crippen LogP) is 0.0297. The van der Waals surface area contributed by atoms with E-state index in [1.54, 1.807) is 0 Å². The standard InChI is InChI=1S/C11H14O5/c1-6(12)8-3-4-10(11(14,15)16)9(5-8)7(2)13/h3-5,7,13-16H,1-2H3. The van der Waals surface area contributed by atoms with E-state index in [1.807, 2.05) is 0 Å². The van der Waals surface area contributed by atoms with Crippen LogP contribution in [0.1, 0.15) is 41.4 Å². The molecule has 4 N–H and O–H groups in total. The van der Waals surface area contributed by atoms with Crippen LogP contribution in [-0.2, 0) is 5.97 Å². The quantitative estimate of drug-likeness (QED) is 0.430. The first-order valence-corrected chi connectivity index (χ1v) is 4.74. The second-order valence-electron chi connectivity index (χ2n) is 3.67. The molecule has 1 aromatic rings. The highest BCUT2D eigenvalue weighted by Gasteiger charge is 2.27. The van der Waals surface area contributed by atoms with Crippen molar-refractivity contribution in [3.8, 4) is 0 Å². The van der Waals surface area contributed by atoms with Gasteiger partial charge in [0, 0.05) is 11.1 Å². The van der Waals surface area contributed by atoms with Crippen LogP contribution >= 0.6 is 0 Å². The fraction of sp³-hybridized carbons (Fsp3) is 0.364. The summed E-state index contributed by atoms with van der Waals surface area (Å²) in [5.41, 5.74) is 0.177. The molecule has 1 aromatic carbocycles. The molecule has 0 heterocycles. The van der Waals surface area contributed by atoms with Gasteiger partial charge in [0.15, 0.2) is 5.78 Å². The molecule has 0 spiro atoms. The molecule has 5 nitrogen and oxygen atoms in total. The first-order valence-electron chi connectivity index (χ1n) is 4.74. The lowest BCUT2D eigenvalue weighted by molar-refractivity contribution is -0.324. The Balaban J connectivity index is 3.37. The molecule has 1 rings (SSSR count). The Morgan fingerprint density at radius 1 is 1.31 bits per heavy atom. The maximum atomic E-state index is 11.1. The molecule has 88 valence electrons. The Labute approximate surface area is 92.6 Å². The molecule has 1 atom stereocenters. The summed E-state index contributed by atoms with van der Waals surface area (Å²) in [4.78, 5) is 11.1. The van der Waals surface area contributed by atoms with E-state index in [9.17, 15) is 9.90 Å². The van der Waals surface area contributed by atoms with E-state index in [2.05, 4.69) is 0 Å². The SMILES string of the molecule is CC(=O)c1ccc(C(O)(O)O)c(C(C)O)c1. The maximum Gasteiger partial charge on any atom is 0.304 e. The average Bonchev–Trinajstić information content (AvgIpc) is 2.15. The van der Waals surface area contributed by atoms with Gasteiger partial charge in [-0.05, 0) is 31.5 Å². The van der Waals surface area contributed by atoms with Crippen molar-refractivity contribution in [2.75, 3.05) is 0 Å². The first-order chi connectivity index (χ1) is 7.23. The number of aliphatic hydroxyl groups is 4. The second-order valence-corrected chi connectivity index (χ2v) is 3.67. The molecule has 0 saturated heterocycles. The van der Waals surface area contributed by atoms with Crippen molar-refractivity contribution in [1.29, 1.82) is 0 Å². The number of Topliss-reactive ketones (excluding diaryl/α,β-unsaturated/α-hetero) is 1. The molecule has 1 unspecified atom stereocenters. The van der Waals surface area contributed by atoms with Gasteiger partial charge in [-0.1, -0.05) is 6.07 Å². The highest BCUT2D eigenvalue weighted by molar-refractivity contribution is 5.94. The van der Waals surface area contributed by atoms with Gasteiger partial charge in [-0.15, -0.1) is 0 Å². The fourth-order valence-electron chi connectivity index (χ4n) is 1.43. The normalized spacial score (nSPS) is 13.6. The Bertz CT molecular complexity index is 403. The third kappa shape index (κ3) is 2.65. The molecular formula is C11H14O5. The van der Waals surface area contributed by atoms with Crippen LogP contribution in [0, 0.1) is 0 Å². The van der Waals surface area contributed by atoms with Gasteiger partial charge in [-0.25, -0.2) is 0 Å². The van der Waals surface area contributed by atoms with Crippen molar-refractivity contribution in [2.45, 2.75) is 25.9 Å². The molecule has 0 saturated carbocycles. The van der Waals surface area contributed by atoms with Crippen molar-refractivity contribution in [3.05, 3.63) is 34.9 Å². The van der Waals surface area contributed by atoms with Crippen LogP contribution in [0.3, 0.4) is 0 Å². The van der Waals surface area contributed by atoms with Gasteiger partial charge in [0.2, 0.25) is 0 Å². The summed E-state index contributed by atoms with van der Waals surface area (Å²) >= 11 is 0. The number of ketones is 1. The van der Waals surface area contributed by atoms with Crippen LogP contribution in [0.4, 0.5) is 0 Å². The number of carbonyl (C=O) groups excluding carboxylic acids is 1. The predicted molar refractivity (Wildman–Crippen MR) is 55.4 cm³/mol. The third-order valence-electron chi connectivity index (χ3n) is 2.27. The number of rotatable bonds is 3. The lowest BCUT2D eigenvalue weighted by Gasteiger charge is -2.20. The monoisotopic (exact) mass is 226 g/mol. The molecule has 0 radical (unpaired) electrons. The summed E-state index contributed by atoms with van der Waals surface area (Å²) in [6, 6.07) is 3.86. The largest absolute Gasteiger partial charge is 0.389 e. The van der Waals surface area contributed by atoms with E-state index in [0.29, 0.717) is 5.56 Å². The minimum atomic E-state index is -3.03. The molecule has 16 heavy (non-hydrogen) atoms. The van der Waals surface area contributed by atoms with Crippen LogP contribution in [0.25, 0.3) is 0 Å². The molecule has 0 fully saturated rings. The van der Waals surface area contributed by atoms with Crippen LogP contribution in [0.2, 0.25) is 0 Å². The number of hydrogen-bond donors (Lipinski definition) is 4. The second kappa shape index (κ2) is 4.31. The lowest BCUT2D eigenvalue weighted by atomic mass is 9.97. The molecule has 0 aliphatic heterocycles. The topological polar surface area (TPSA) is 98.0 Å². The van der Waals surface area contributed by atoms with Gasteiger partial charge in [0.1, 0.15) is 0 Å². The molecule has 0 aromatic heterocycles. The lowest BCUT2D eigenvalue weighted by Crippen LogP contribution is -2.26. The molecule has 0 aliphatic rings. The number of hydrogen-bond acceptors (Lipinski definition) is 5. The molecule has 0 amide bonds. The van der Waals surface area contributed by atoms with E-state index >= 15 is 0 Å². The van der Waals surface area contributed by atoms with Crippen LogP contribution in [0.15, 0.2) is 18.2 Å². The van der Waals surface area contributed by atoms with Gasteiger partial charge in [-0.2, -0.15) is 0 Å². The summed E-state index contributed by atoms with van der Waals surface area (Å²) in [5.74, 6) is -3.24. The minimum absolute atomic E-state index is 0.0974. The van der Waals surface area contributed by atoms with Crippen LogP contribution in [0.5, 0.6) is 0 Å². The molecule has 0 aliphatic carbocycles. The smallest absolute Gasteiger partial charge is 0.304 e. The van der Waals surface area contributed by atoms with E-state index in [4.69, 9.17) is 15.3 Å². The van der Waals surface area contributed by atoms with Crippen LogP contribution < -0.4 is 0 Å². The van der Waals surface area contributed by atoms with Gasteiger partial charge in [0.25, 0.3) is 0 Å². The molecule has 0 bridgehead atoms. The Kier molecular flexibility index (Phi) is 3.44. The van der Waals surface area contributed by atoms with Gasteiger partial charge < -0.3 is 20.4 Å². The highest BCUT2D eigenvalue weighted by Crippen LogP contribution is 2.26. The van der Waals surface area contributed by atoms with E-state index < -0.39 is 12.1 Å². The van der Waals surface area contributed by atoms with Crippen molar-refractivity contribution in [1.82, 2.24) is 0 Å². The number of carbonyl (C=O) groups is 1. The number of benzene rings is 1. The zero-order valence-electron chi connectivity index (χ0n) is 9.01. The van der Waals surface area contributed by atoms with E-state index in [1.165, 1.54) is 32.0 Å². The van der Waals surface area contributed by atoms with Gasteiger partial charge in [-0.3, -0.25) is 4.79 Å². The van der Waals surface area contributed by atoms with E-state index in [-0.39, 0.29) is 16.9 Å². The molecule has 5 heteroatoms. The zero-order valence-corrected chi connectivity index (χ0v) is 9.01. The third-order valence-corrected chi connectivity index (χ3v) is 2.27. The summed E-state index contributed by atoms with van der Waals surface area (Å²) in [7, 11) is 0. The minimum Gasteiger partial charge on any atom is -0.389 e. The van der Waals surface area contributed by atoms with Gasteiger partial charge in [0.05, 0.1) is 6.10 Å². The van der Waals surface area contributed by atoms with Crippen molar-refractivity contribution in [3.63, 3.8) is 0 Å². The van der Waals surface area contributed by atoms with Gasteiger partial charge >= 0.3 is 5.97 Å².